The lowest BCUT2D eigenvalue weighted by molar-refractivity contribution is 0.0722. The van der Waals surface area contributed by atoms with Crippen molar-refractivity contribution in [1.29, 1.82) is 0 Å². The third-order valence-corrected chi connectivity index (χ3v) is 4.76. The molecule has 1 aromatic rings. The Morgan fingerprint density at radius 2 is 2.11 bits per heavy atom. The van der Waals surface area contributed by atoms with Gasteiger partial charge in [0.2, 0.25) is 0 Å². The van der Waals surface area contributed by atoms with Crippen molar-refractivity contribution in [3.05, 3.63) is 23.5 Å². The highest BCUT2D eigenvalue weighted by atomic mass is 16.2. The summed E-state index contributed by atoms with van der Waals surface area (Å²) in [5, 5.41) is 0. The minimum Gasteiger partial charge on any atom is -0.367 e. The molecule has 3 rings (SSSR count). The van der Waals surface area contributed by atoms with E-state index in [1.807, 2.05) is 19.3 Å². The first-order chi connectivity index (χ1) is 9.10. The fourth-order valence-electron chi connectivity index (χ4n) is 3.74. The highest BCUT2D eigenvalue weighted by Crippen LogP contribution is 2.39. The van der Waals surface area contributed by atoms with Crippen molar-refractivity contribution in [1.82, 2.24) is 14.8 Å². The number of nitrogens with zero attached hydrogens (tertiary/aromatic N) is 2. The van der Waals surface area contributed by atoms with Gasteiger partial charge in [-0.25, -0.2) is 0 Å². The summed E-state index contributed by atoms with van der Waals surface area (Å²) in [6.07, 6.45) is 7.42. The molecule has 3 heterocycles. The van der Waals surface area contributed by atoms with Crippen LogP contribution in [0.5, 0.6) is 0 Å². The van der Waals surface area contributed by atoms with E-state index < -0.39 is 0 Å². The molecule has 1 atom stereocenters. The number of aryl methyl sites for hydroxylation is 1. The van der Waals surface area contributed by atoms with E-state index in [9.17, 15) is 4.79 Å². The number of H-pyrrole nitrogens is 1. The highest BCUT2D eigenvalue weighted by Gasteiger charge is 2.42. The van der Waals surface area contributed by atoms with Crippen molar-refractivity contribution < 1.29 is 4.79 Å². The third kappa shape index (κ3) is 2.29. The summed E-state index contributed by atoms with van der Waals surface area (Å²) in [6, 6.07) is 0. The zero-order valence-electron chi connectivity index (χ0n) is 11.9. The number of carbonyl (C=O) groups is 1. The Morgan fingerprint density at radius 1 is 1.26 bits per heavy atom. The molecule has 2 aliphatic heterocycles. The maximum atomic E-state index is 12.5. The predicted molar refractivity (Wildman–Crippen MR) is 75.2 cm³/mol. The minimum atomic E-state index is 0.198. The number of piperidine rings is 1. The molecule has 4 nitrogen and oxygen atoms in total. The zero-order valence-corrected chi connectivity index (χ0v) is 11.9. The Labute approximate surface area is 114 Å². The Morgan fingerprint density at radius 3 is 2.79 bits per heavy atom. The van der Waals surface area contributed by atoms with Gasteiger partial charge in [-0.1, -0.05) is 0 Å². The molecular formula is C15H23N3O. The van der Waals surface area contributed by atoms with Crippen LogP contribution in [-0.2, 0) is 0 Å². The first kappa shape index (κ1) is 12.7. The van der Waals surface area contributed by atoms with E-state index >= 15 is 0 Å². The Bertz CT molecular complexity index is 481. The van der Waals surface area contributed by atoms with Crippen molar-refractivity contribution >= 4 is 5.91 Å². The summed E-state index contributed by atoms with van der Waals surface area (Å²) in [6.45, 7) is 6.18. The number of likely N-dealkylation sites (tertiary alicyclic amines) is 2. The second-order valence-electron chi connectivity index (χ2n) is 6.37. The molecule has 104 valence electrons. The van der Waals surface area contributed by atoms with Gasteiger partial charge < -0.3 is 14.8 Å². The van der Waals surface area contributed by atoms with Crippen LogP contribution in [0, 0.1) is 12.3 Å². The third-order valence-electron chi connectivity index (χ3n) is 4.76. The number of aromatic nitrogens is 1. The molecule has 2 aliphatic rings. The second kappa shape index (κ2) is 4.67. The van der Waals surface area contributed by atoms with E-state index in [1.54, 1.807) is 0 Å². The molecular weight excluding hydrogens is 238 g/mol. The van der Waals surface area contributed by atoms with Gasteiger partial charge in [-0.3, -0.25) is 4.79 Å². The van der Waals surface area contributed by atoms with Crippen LogP contribution in [0.3, 0.4) is 0 Å². The van der Waals surface area contributed by atoms with Gasteiger partial charge in [-0.2, -0.15) is 0 Å². The molecule has 19 heavy (non-hydrogen) atoms. The van der Waals surface area contributed by atoms with E-state index in [4.69, 9.17) is 0 Å². The van der Waals surface area contributed by atoms with Crippen LogP contribution in [0.1, 0.15) is 35.2 Å². The van der Waals surface area contributed by atoms with Gasteiger partial charge in [0.25, 0.3) is 5.91 Å². The fourth-order valence-corrected chi connectivity index (χ4v) is 3.74. The molecule has 0 saturated carbocycles. The van der Waals surface area contributed by atoms with Crippen molar-refractivity contribution in [3.8, 4) is 0 Å². The SMILES string of the molecule is Cc1c[nH]cc1C(=O)N1CCC2(CCCN(C)C2)C1. The highest BCUT2D eigenvalue weighted by molar-refractivity contribution is 5.95. The number of hydrogen-bond acceptors (Lipinski definition) is 2. The second-order valence-corrected chi connectivity index (χ2v) is 6.37. The number of rotatable bonds is 1. The van der Waals surface area contributed by atoms with Crippen molar-refractivity contribution in [2.24, 2.45) is 5.41 Å². The largest absolute Gasteiger partial charge is 0.367 e. The van der Waals surface area contributed by atoms with Crippen molar-refractivity contribution in [2.45, 2.75) is 26.2 Å². The van der Waals surface area contributed by atoms with Crippen LogP contribution < -0.4 is 0 Å². The summed E-state index contributed by atoms with van der Waals surface area (Å²) >= 11 is 0. The van der Waals surface area contributed by atoms with Gasteiger partial charge in [0.15, 0.2) is 0 Å². The molecule has 1 N–H and O–H groups in total. The van der Waals surface area contributed by atoms with Crippen LogP contribution >= 0.6 is 0 Å². The summed E-state index contributed by atoms with van der Waals surface area (Å²) in [5.74, 6) is 0.198. The fraction of sp³-hybridized carbons (Fsp3) is 0.667. The zero-order chi connectivity index (χ0) is 13.5. The van der Waals surface area contributed by atoms with Crippen LogP contribution in [0.15, 0.2) is 12.4 Å². The molecule has 0 radical (unpaired) electrons. The predicted octanol–water partition coefficient (Wildman–Crippen LogP) is 1.88. The van der Waals surface area contributed by atoms with E-state index in [0.29, 0.717) is 5.41 Å². The van der Waals surface area contributed by atoms with Gasteiger partial charge in [0.05, 0.1) is 5.56 Å². The first-order valence-corrected chi connectivity index (χ1v) is 7.21. The van der Waals surface area contributed by atoms with Crippen LogP contribution in [0.2, 0.25) is 0 Å². The molecule has 0 bridgehead atoms. The lowest BCUT2D eigenvalue weighted by Gasteiger charge is -2.38. The number of carbonyl (C=O) groups excluding carboxylic acids is 1. The van der Waals surface area contributed by atoms with Crippen LogP contribution in [-0.4, -0.2) is 53.9 Å². The molecule has 1 aromatic heterocycles. The van der Waals surface area contributed by atoms with E-state index in [0.717, 1.165) is 37.2 Å². The molecule has 0 aromatic carbocycles. The maximum absolute atomic E-state index is 12.5. The molecule has 0 aliphatic carbocycles. The Kier molecular flexibility index (Phi) is 3.13. The minimum absolute atomic E-state index is 0.198. The smallest absolute Gasteiger partial charge is 0.255 e. The number of aromatic amines is 1. The van der Waals surface area contributed by atoms with Gasteiger partial charge in [-0.05, 0) is 45.3 Å². The number of amides is 1. The van der Waals surface area contributed by atoms with Gasteiger partial charge in [-0.15, -0.1) is 0 Å². The standard InChI is InChI=1S/C15H23N3O/c1-12-8-16-9-13(12)14(19)18-7-5-15(11-18)4-3-6-17(2)10-15/h8-9,16H,3-7,10-11H2,1-2H3. The van der Waals surface area contributed by atoms with Gasteiger partial charge >= 0.3 is 0 Å². The van der Waals surface area contributed by atoms with Gasteiger partial charge in [0, 0.05) is 37.4 Å². The van der Waals surface area contributed by atoms with E-state index in [1.165, 1.54) is 19.4 Å². The molecule has 2 saturated heterocycles. The number of nitrogens with one attached hydrogen (secondary N) is 1. The monoisotopic (exact) mass is 261 g/mol. The topological polar surface area (TPSA) is 39.3 Å². The Hall–Kier alpha value is -1.29. The maximum Gasteiger partial charge on any atom is 0.255 e. The summed E-state index contributed by atoms with van der Waals surface area (Å²) in [5.41, 5.74) is 2.24. The quantitative estimate of drug-likeness (QED) is 0.838. The Balaban J connectivity index is 1.72. The van der Waals surface area contributed by atoms with E-state index in [2.05, 4.69) is 21.8 Å². The van der Waals surface area contributed by atoms with Gasteiger partial charge in [0.1, 0.15) is 0 Å². The van der Waals surface area contributed by atoms with Crippen molar-refractivity contribution in [3.63, 3.8) is 0 Å². The van der Waals surface area contributed by atoms with Crippen molar-refractivity contribution in [2.75, 3.05) is 33.2 Å². The lowest BCUT2D eigenvalue weighted by atomic mass is 9.79. The molecule has 2 fully saturated rings. The summed E-state index contributed by atoms with van der Waals surface area (Å²) in [7, 11) is 2.20. The molecule has 1 spiro atoms. The van der Waals surface area contributed by atoms with Crippen LogP contribution in [0.4, 0.5) is 0 Å². The molecule has 4 heteroatoms. The average Bonchev–Trinajstić information content (AvgIpc) is 2.96. The van der Waals surface area contributed by atoms with Crippen LogP contribution in [0.25, 0.3) is 0 Å². The summed E-state index contributed by atoms with van der Waals surface area (Å²) in [4.78, 5) is 20.0. The molecule has 1 amide bonds. The summed E-state index contributed by atoms with van der Waals surface area (Å²) < 4.78 is 0. The van der Waals surface area contributed by atoms with E-state index in [-0.39, 0.29) is 5.91 Å². The normalized spacial score (nSPS) is 28.2. The first-order valence-electron chi connectivity index (χ1n) is 7.21. The number of hydrogen-bond donors (Lipinski definition) is 1. The molecule has 1 unspecified atom stereocenters. The lowest BCUT2D eigenvalue weighted by Crippen LogP contribution is -2.43. The average molecular weight is 261 g/mol.